The van der Waals surface area contributed by atoms with Gasteiger partial charge in [0.15, 0.2) is 6.10 Å². The van der Waals surface area contributed by atoms with E-state index < -0.39 is 18.7 Å². The molecule has 0 fully saturated rings. The van der Waals surface area contributed by atoms with Gasteiger partial charge in [-0.25, -0.2) is 4.68 Å². The number of halogens is 3. The number of hydrogen-bond acceptors (Lipinski definition) is 3. The molecule has 1 atom stereocenters. The van der Waals surface area contributed by atoms with E-state index in [0.717, 1.165) is 0 Å². The van der Waals surface area contributed by atoms with Gasteiger partial charge in [0.2, 0.25) is 5.88 Å². The Bertz CT molecular complexity index is 374. The first-order valence-electron chi connectivity index (χ1n) is 4.58. The third-order valence-electron chi connectivity index (χ3n) is 2.26. The summed E-state index contributed by atoms with van der Waals surface area (Å²) in [5.74, 6) is 0.237. The van der Waals surface area contributed by atoms with Crippen LogP contribution in [0.25, 0.3) is 0 Å². The van der Waals surface area contributed by atoms with Crippen LogP contribution in [0.4, 0.5) is 13.2 Å². The average molecular weight is 238 g/mol. The van der Waals surface area contributed by atoms with Gasteiger partial charge in [0.05, 0.1) is 12.8 Å². The van der Waals surface area contributed by atoms with Crippen LogP contribution in [0.5, 0.6) is 5.88 Å². The number of rotatable bonds is 3. The van der Waals surface area contributed by atoms with Crippen molar-refractivity contribution in [2.45, 2.75) is 25.6 Å². The van der Waals surface area contributed by atoms with Gasteiger partial charge in [-0.1, -0.05) is 0 Å². The molecule has 0 aliphatic rings. The molecule has 0 radical (unpaired) electrons. The summed E-state index contributed by atoms with van der Waals surface area (Å²) >= 11 is 0. The maximum Gasteiger partial charge on any atom is 0.414 e. The number of aromatic nitrogens is 2. The highest BCUT2D eigenvalue weighted by atomic mass is 19.4. The van der Waals surface area contributed by atoms with Crippen molar-refractivity contribution in [3.8, 4) is 5.88 Å². The van der Waals surface area contributed by atoms with E-state index in [2.05, 4.69) is 5.10 Å². The number of aliphatic hydroxyl groups is 1. The van der Waals surface area contributed by atoms with Crippen molar-refractivity contribution in [3.05, 3.63) is 11.3 Å². The SMILES string of the molecule is COc1c(CC(O)C(F)(F)F)c(C)nn1C. The minimum Gasteiger partial charge on any atom is -0.481 e. The van der Waals surface area contributed by atoms with Crippen molar-refractivity contribution in [3.63, 3.8) is 0 Å². The number of nitrogens with zero attached hydrogens (tertiary/aromatic N) is 2. The quantitative estimate of drug-likeness (QED) is 0.860. The molecule has 1 aromatic rings. The van der Waals surface area contributed by atoms with Crippen LogP contribution >= 0.6 is 0 Å². The zero-order chi connectivity index (χ0) is 12.5. The monoisotopic (exact) mass is 238 g/mol. The van der Waals surface area contributed by atoms with Crippen molar-refractivity contribution in [1.82, 2.24) is 9.78 Å². The molecule has 7 heteroatoms. The Morgan fingerprint density at radius 1 is 1.50 bits per heavy atom. The highest BCUT2D eigenvalue weighted by Gasteiger charge is 2.39. The molecule has 0 saturated heterocycles. The Hall–Kier alpha value is -1.24. The predicted molar refractivity (Wildman–Crippen MR) is 50.3 cm³/mol. The van der Waals surface area contributed by atoms with Crippen LogP contribution in [0.3, 0.4) is 0 Å². The van der Waals surface area contributed by atoms with Gasteiger partial charge in [-0.15, -0.1) is 0 Å². The first-order chi connectivity index (χ1) is 7.27. The zero-order valence-electron chi connectivity index (χ0n) is 9.17. The second-order valence-electron chi connectivity index (χ2n) is 3.46. The number of aryl methyl sites for hydroxylation is 2. The van der Waals surface area contributed by atoms with Crippen molar-refractivity contribution in [2.24, 2.45) is 7.05 Å². The molecule has 92 valence electrons. The van der Waals surface area contributed by atoms with E-state index in [1.807, 2.05) is 0 Å². The Kier molecular flexibility index (Phi) is 3.47. The summed E-state index contributed by atoms with van der Waals surface area (Å²) in [6.45, 7) is 1.57. The topological polar surface area (TPSA) is 47.3 Å². The van der Waals surface area contributed by atoms with Gasteiger partial charge >= 0.3 is 6.18 Å². The number of methoxy groups -OCH3 is 1. The van der Waals surface area contributed by atoms with Gasteiger partial charge in [-0.05, 0) is 6.92 Å². The van der Waals surface area contributed by atoms with Crippen LogP contribution in [0, 0.1) is 6.92 Å². The molecule has 1 heterocycles. The van der Waals surface area contributed by atoms with Crippen molar-refractivity contribution >= 4 is 0 Å². The van der Waals surface area contributed by atoms with Crippen LogP contribution in [-0.2, 0) is 13.5 Å². The van der Waals surface area contributed by atoms with Gasteiger partial charge < -0.3 is 9.84 Å². The van der Waals surface area contributed by atoms with Gasteiger partial charge in [0, 0.05) is 19.0 Å². The lowest BCUT2D eigenvalue weighted by Gasteiger charge is -2.14. The molecule has 1 rings (SSSR count). The molecule has 16 heavy (non-hydrogen) atoms. The summed E-state index contributed by atoms with van der Waals surface area (Å²) in [5, 5.41) is 12.9. The van der Waals surface area contributed by atoms with Crippen LogP contribution < -0.4 is 4.74 Å². The fourth-order valence-electron chi connectivity index (χ4n) is 1.48. The number of hydrogen-bond donors (Lipinski definition) is 1. The molecule has 0 spiro atoms. The molecular weight excluding hydrogens is 225 g/mol. The maximum absolute atomic E-state index is 12.2. The Labute approximate surface area is 90.6 Å². The second-order valence-corrected chi connectivity index (χ2v) is 3.46. The van der Waals surface area contributed by atoms with E-state index in [4.69, 9.17) is 9.84 Å². The predicted octanol–water partition coefficient (Wildman–Crippen LogP) is 1.20. The average Bonchev–Trinajstić information content (AvgIpc) is 2.40. The summed E-state index contributed by atoms with van der Waals surface area (Å²) in [5.41, 5.74) is 0.692. The standard InChI is InChI=1S/C9H13F3N2O2/c1-5-6(4-7(15)9(10,11)12)8(16-3)14(2)13-5/h7,15H,4H2,1-3H3. The Morgan fingerprint density at radius 2 is 2.06 bits per heavy atom. The van der Waals surface area contributed by atoms with Crippen LogP contribution in [-0.4, -0.2) is 34.3 Å². The molecule has 1 unspecified atom stereocenters. The maximum atomic E-state index is 12.2. The summed E-state index contributed by atoms with van der Waals surface area (Å²) < 4.78 is 42.8. The lowest BCUT2D eigenvalue weighted by Crippen LogP contribution is -2.30. The van der Waals surface area contributed by atoms with Gasteiger partial charge in [-0.2, -0.15) is 18.3 Å². The van der Waals surface area contributed by atoms with Gasteiger partial charge in [0.25, 0.3) is 0 Å². The minimum atomic E-state index is -4.63. The highest BCUT2D eigenvalue weighted by Crippen LogP contribution is 2.28. The van der Waals surface area contributed by atoms with Crippen molar-refractivity contribution < 1.29 is 23.0 Å². The lowest BCUT2D eigenvalue weighted by atomic mass is 10.1. The van der Waals surface area contributed by atoms with Crippen LogP contribution in [0.15, 0.2) is 0 Å². The highest BCUT2D eigenvalue weighted by molar-refractivity contribution is 5.31. The molecule has 1 N–H and O–H groups in total. The molecule has 0 amide bonds. The Balaban J connectivity index is 2.97. The molecule has 0 aliphatic carbocycles. The minimum absolute atomic E-state index is 0.237. The normalized spacial score (nSPS) is 13.9. The summed E-state index contributed by atoms with van der Waals surface area (Å²) in [6.07, 6.45) is -7.58. The van der Waals surface area contributed by atoms with E-state index in [1.165, 1.54) is 11.8 Å². The molecule has 0 aliphatic heterocycles. The summed E-state index contributed by atoms with van der Waals surface area (Å²) in [4.78, 5) is 0. The lowest BCUT2D eigenvalue weighted by molar-refractivity contribution is -0.203. The third-order valence-corrected chi connectivity index (χ3v) is 2.26. The zero-order valence-corrected chi connectivity index (χ0v) is 9.17. The first kappa shape index (κ1) is 12.8. The van der Waals surface area contributed by atoms with Crippen molar-refractivity contribution in [2.75, 3.05) is 7.11 Å². The fourth-order valence-corrected chi connectivity index (χ4v) is 1.48. The van der Waals surface area contributed by atoms with E-state index in [-0.39, 0.29) is 11.4 Å². The molecule has 0 bridgehead atoms. The van der Waals surface area contributed by atoms with E-state index >= 15 is 0 Å². The van der Waals surface area contributed by atoms with Crippen molar-refractivity contribution in [1.29, 1.82) is 0 Å². The van der Waals surface area contributed by atoms with Crippen LogP contribution in [0.1, 0.15) is 11.3 Å². The number of ether oxygens (including phenoxy) is 1. The number of alkyl halides is 3. The molecule has 0 saturated carbocycles. The molecule has 4 nitrogen and oxygen atoms in total. The van der Waals surface area contributed by atoms with Gasteiger partial charge in [0.1, 0.15) is 0 Å². The molecular formula is C9H13F3N2O2. The van der Waals surface area contributed by atoms with Crippen LogP contribution in [0.2, 0.25) is 0 Å². The largest absolute Gasteiger partial charge is 0.481 e. The third kappa shape index (κ3) is 2.46. The van der Waals surface area contributed by atoms with E-state index in [0.29, 0.717) is 5.69 Å². The Morgan fingerprint density at radius 3 is 2.50 bits per heavy atom. The first-order valence-corrected chi connectivity index (χ1v) is 4.58. The second kappa shape index (κ2) is 4.32. The molecule has 0 aromatic carbocycles. The van der Waals surface area contributed by atoms with E-state index in [1.54, 1.807) is 14.0 Å². The number of aliphatic hydroxyl groups excluding tert-OH is 1. The smallest absolute Gasteiger partial charge is 0.414 e. The summed E-state index contributed by atoms with van der Waals surface area (Å²) in [6, 6.07) is 0. The van der Waals surface area contributed by atoms with E-state index in [9.17, 15) is 13.2 Å². The van der Waals surface area contributed by atoms with Gasteiger partial charge in [-0.3, -0.25) is 0 Å². The summed E-state index contributed by atoms with van der Waals surface area (Å²) in [7, 11) is 2.91. The molecule has 1 aromatic heterocycles. The fraction of sp³-hybridized carbons (Fsp3) is 0.667.